The van der Waals surface area contributed by atoms with E-state index in [1.54, 1.807) is 25.3 Å². The van der Waals surface area contributed by atoms with Gasteiger partial charge in [0.05, 0.1) is 35.1 Å². The second-order valence-electron chi connectivity index (χ2n) is 4.64. The van der Waals surface area contributed by atoms with E-state index in [0.29, 0.717) is 23.7 Å². The maximum Gasteiger partial charge on any atom is 0.340 e. The van der Waals surface area contributed by atoms with E-state index in [4.69, 9.17) is 4.74 Å². The summed E-state index contributed by atoms with van der Waals surface area (Å²) in [5.74, 6) is 0.217. The summed E-state index contributed by atoms with van der Waals surface area (Å²) in [6, 6.07) is 14.8. The number of hydrogen-bond donors (Lipinski definition) is 1. The number of carbonyl (C=O) groups excluding carboxylic acids is 1. The second-order valence-corrected chi connectivity index (χ2v) is 4.64. The molecule has 0 amide bonds. The summed E-state index contributed by atoms with van der Waals surface area (Å²) < 4.78 is 5.06. The number of rotatable bonds is 4. The molecule has 5 heteroatoms. The van der Waals surface area contributed by atoms with Gasteiger partial charge in [-0.25, -0.2) is 9.78 Å². The number of esters is 1. The molecule has 3 rings (SSSR count). The normalized spacial score (nSPS) is 10.4. The summed E-state index contributed by atoms with van der Waals surface area (Å²) in [5, 5.41) is 3.13. The van der Waals surface area contributed by atoms with Gasteiger partial charge in [0.15, 0.2) is 0 Å². The van der Waals surface area contributed by atoms with E-state index in [1.807, 2.05) is 36.4 Å². The van der Waals surface area contributed by atoms with Gasteiger partial charge < -0.3 is 10.1 Å². The van der Waals surface area contributed by atoms with Crippen LogP contribution in [0.15, 0.2) is 54.7 Å². The number of nitrogens with zero attached hydrogens (tertiary/aromatic N) is 2. The van der Waals surface area contributed by atoms with Crippen LogP contribution < -0.4 is 5.32 Å². The minimum atomic E-state index is -0.362. The predicted molar refractivity (Wildman–Crippen MR) is 85.2 cm³/mol. The molecule has 0 aliphatic heterocycles. The second kappa shape index (κ2) is 6.22. The van der Waals surface area contributed by atoms with E-state index < -0.39 is 0 Å². The van der Waals surface area contributed by atoms with Crippen LogP contribution in [0, 0.1) is 0 Å². The smallest absolute Gasteiger partial charge is 0.340 e. The Hall–Kier alpha value is -2.95. The van der Waals surface area contributed by atoms with Crippen molar-refractivity contribution in [3.8, 4) is 0 Å². The molecule has 0 spiro atoms. The molecule has 5 nitrogen and oxygen atoms in total. The lowest BCUT2D eigenvalue weighted by atomic mass is 10.2. The number of carbonyl (C=O) groups is 1. The topological polar surface area (TPSA) is 64.1 Å². The van der Waals surface area contributed by atoms with Gasteiger partial charge in [-0.1, -0.05) is 24.3 Å². The zero-order valence-corrected chi connectivity index (χ0v) is 12.1. The molecule has 3 aromatic rings. The summed E-state index contributed by atoms with van der Waals surface area (Å²) in [7, 11) is 0. The van der Waals surface area contributed by atoms with Crippen molar-refractivity contribution in [2.24, 2.45) is 0 Å². The monoisotopic (exact) mass is 293 g/mol. The zero-order valence-electron chi connectivity index (χ0n) is 12.1. The third-order valence-corrected chi connectivity index (χ3v) is 3.13. The van der Waals surface area contributed by atoms with Crippen LogP contribution in [0.2, 0.25) is 0 Å². The zero-order chi connectivity index (χ0) is 15.4. The van der Waals surface area contributed by atoms with Crippen LogP contribution in [0.5, 0.6) is 0 Å². The molecule has 1 heterocycles. The predicted octanol–water partition coefficient (Wildman–Crippen LogP) is 3.55. The van der Waals surface area contributed by atoms with Crippen molar-refractivity contribution in [1.82, 2.24) is 9.97 Å². The Morgan fingerprint density at radius 3 is 2.64 bits per heavy atom. The van der Waals surface area contributed by atoms with Gasteiger partial charge >= 0.3 is 5.97 Å². The lowest BCUT2D eigenvalue weighted by Gasteiger charge is -2.10. The van der Waals surface area contributed by atoms with Crippen molar-refractivity contribution in [3.05, 3.63) is 60.3 Å². The van der Waals surface area contributed by atoms with Crippen molar-refractivity contribution >= 4 is 28.5 Å². The molecule has 0 atom stereocenters. The first-order valence-electron chi connectivity index (χ1n) is 7.03. The molecule has 110 valence electrons. The number of fused-ring (bicyclic) bond motifs is 1. The Balaban J connectivity index is 1.93. The molecule has 0 saturated heterocycles. The summed E-state index contributed by atoms with van der Waals surface area (Å²) in [4.78, 5) is 20.8. The molecule has 0 aliphatic carbocycles. The standard InChI is InChI=1S/C17H15N3O2/c1-2-22-17(21)12-7-3-4-8-13(12)19-16-11-18-14-9-5-6-10-15(14)20-16/h3-11H,2H2,1H3,(H,19,20). The van der Waals surface area contributed by atoms with E-state index in [2.05, 4.69) is 15.3 Å². The number of aromatic nitrogens is 2. The lowest BCUT2D eigenvalue weighted by Crippen LogP contribution is -2.08. The molecule has 0 fully saturated rings. The minimum Gasteiger partial charge on any atom is -0.462 e. The highest BCUT2D eigenvalue weighted by Crippen LogP contribution is 2.21. The fourth-order valence-corrected chi connectivity index (χ4v) is 2.13. The van der Waals surface area contributed by atoms with E-state index in [-0.39, 0.29) is 5.97 Å². The van der Waals surface area contributed by atoms with Gasteiger partial charge in [0.2, 0.25) is 0 Å². The van der Waals surface area contributed by atoms with Crippen molar-refractivity contribution in [2.75, 3.05) is 11.9 Å². The number of nitrogens with one attached hydrogen (secondary N) is 1. The molecule has 1 N–H and O–H groups in total. The van der Waals surface area contributed by atoms with Crippen LogP contribution in [0.1, 0.15) is 17.3 Å². The molecular formula is C17H15N3O2. The summed E-state index contributed by atoms with van der Waals surface area (Å²) in [5.41, 5.74) is 2.73. The average Bonchev–Trinajstić information content (AvgIpc) is 2.55. The molecule has 1 aromatic heterocycles. The summed E-state index contributed by atoms with van der Waals surface area (Å²) >= 11 is 0. The van der Waals surface area contributed by atoms with Crippen molar-refractivity contribution in [2.45, 2.75) is 6.92 Å². The van der Waals surface area contributed by atoms with Crippen molar-refractivity contribution in [1.29, 1.82) is 0 Å². The summed E-state index contributed by atoms with van der Waals surface area (Å²) in [6.07, 6.45) is 1.64. The van der Waals surface area contributed by atoms with Gasteiger partial charge in [0.25, 0.3) is 0 Å². The quantitative estimate of drug-likeness (QED) is 0.745. The first-order chi connectivity index (χ1) is 10.8. The maximum atomic E-state index is 12.0. The first-order valence-corrected chi connectivity index (χ1v) is 7.03. The largest absolute Gasteiger partial charge is 0.462 e. The van der Waals surface area contributed by atoms with Gasteiger partial charge in [-0.2, -0.15) is 0 Å². The molecule has 0 bridgehead atoms. The van der Waals surface area contributed by atoms with Gasteiger partial charge in [0.1, 0.15) is 5.82 Å². The number of benzene rings is 2. The van der Waals surface area contributed by atoms with Crippen LogP contribution >= 0.6 is 0 Å². The van der Waals surface area contributed by atoms with Crippen LogP contribution in [-0.4, -0.2) is 22.5 Å². The Bertz CT molecular complexity index is 818. The molecule has 0 unspecified atom stereocenters. The minimum absolute atomic E-state index is 0.336. The molecule has 0 aliphatic rings. The fourth-order valence-electron chi connectivity index (χ4n) is 2.13. The highest BCUT2D eigenvalue weighted by atomic mass is 16.5. The van der Waals surface area contributed by atoms with Gasteiger partial charge in [0, 0.05) is 0 Å². The highest BCUT2D eigenvalue weighted by molar-refractivity contribution is 5.96. The average molecular weight is 293 g/mol. The number of anilines is 2. The third-order valence-electron chi connectivity index (χ3n) is 3.13. The van der Waals surface area contributed by atoms with Crippen LogP contribution in [0.3, 0.4) is 0 Å². The molecule has 0 saturated carbocycles. The van der Waals surface area contributed by atoms with Crippen molar-refractivity contribution in [3.63, 3.8) is 0 Å². The molecular weight excluding hydrogens is 278 g/mol. The molecule has 0 radical (unpaired) electrons. The lowest BCUT2D eigenvalue weighted by molar-refractivity contribution is 0.0527. The third kappa shape index (κ3) is 2.88. The van der Waals surface area contributed by atoms with Crippen LogP contribution in [-0.2, 0) is 4.74 Å². The van der Waals surface area contributed by atoms with E-state index >= 15 is 0 Å². The number of ether oxygens (including phenoxy) is 1. The highest BCUT2D eigenvalue weighted by Gasteiger charge is 2.12. The van der Waals surface area contributed by atoms with Crippen LogP contribution in [0.25, 0.3) is 11.0 Å². The van der Waals surface area contributed by atoms with E-state index in [9.17, 15) is 4.79 Å². The summed E-state index contributed by atoms with van der Waals surface area (Å²) in [6.45, 7) is 2.12. The van der Waals surface area contributed by atoms with Gasteiger partial charge in [-0.3, -0.25) is 4.98 Å². The SMILES string of the molecule is CCOC(=O)c1ccccc1Nc1cnc2ccccc2n1. The van der Waals surface area contributed by atoms with Gasteiger partial charge in [-0.15, -0.1) is 0 Å². The number of para-hydroxylation sites is 3. The fraction of sp³-hybridized carbons (Fsp3) is 0.118. The Morgan fingerprint density at radius 2 is 1.82 bits per heavy atom. The Labute approximate surface area is 128 Å². The van der Waals surface area contributed by atoms with E-state index in [0.717, 1.165) is 11.0 Å². The number of hydrogen-bond acceptors (Lipinski definition) is 5. The maximum absolute atomic E-state index is 12.0. The molecule has 2 aromatic carbocycles. The Morgan fingerprint density at radius 1 is 1.09 bits per heavy atom. The van der Waals surface area contributed by atoms with Crippen molar-refractivity contribution < 1.29 is 9.53 Å². The van der Waals surface area contributed by atoms with Crippen LogP contribution in [0.4, 0.5) is 11.5 Å². The first kappa shape index (κ1) is 14.0. The molecule has 22 heavy (non-hydrogen) atoms. The van der Waals surface area contributed by atoms with Gasteiger partial charge in [-0.05, 0) is 31.2 Å². The Kier molecular flexibility index (Phi) is 3.96. The van der Waals surface area contributed by atoms with E-state index in [1.165, 1.54) is 0 Å².